The summed E-state index contributed by atoms with van der Waals surface area (Å²) in [6.45, 7) is 0.987. The van der Waals surface area contributed by atoms with Crippen LogP contribution in [0.25, 0.3) is 0 Å². The lowest BCUT2D eigenvalue weighted by molar-refractivity contribution is -0.276. The van der Waals surface area contributed by atoms with E-state index >= 15 is 0 Å². The first-order valence-electron chi connectivity index (χ1n) is 3.91. The molecule has 1 aromatic rings. The van der Waals surface area contributed by atoms with E-state index in [4.69, 9.17) is 0 Å². The Morgan fingerprint density at radius 1 is 1.31 bits per heavy atom. The van der Waals surface area contributed by atoms with Crippen LogP contribution in [0.5, 0.6) is 5.88 Å². The molecule has 0 saturated heterocycles. The molecule has 0 N–H and O–H groups in total. The maximum Gasteiger partial charge on any atom is 0.574 e. The molecule has 90 valence electrons. The van der Waals surface area contributed by atoms with E-state index in [0.717, 1.165) is 6.92 Å². The topological polar surface area (TPSA) is 22.1 Å². The first-order chi connectivity index (χ1) is 7.20. The van der Waals surface area contributed by atoms with E-state index < -0.39 is 35.7 Å². The zero-order chi connectivity index (χ0) is 12.5. The number of aromatic nitrogens is 1. The molecule has 0 unspecified atom stereocenters. The normalized spacial score (nSPS) is 12.0. The maximum absolute atomic E-state index is 12.9. The van der Waals surface area contributed by atoms with Gasteiger partial charge in [0.25, 0.3) is 6.43 Å². The molecule has 0 aliphatic heterocycles. The molecule has 0 aromatic carbocycles. The fourth-order valence-electron chi connectivity index (χ4n) is 0.971. The van der Waals surface area contributed by atoms with Gasteiger partial charge in [0.2, 0.25) is 11.8 Å². The molecule has 1 aromatic heterocycles. The van der Waals surface area contributed by atoms with Crippen LogP contribution >= 0.6 is 0 Å². The molecule has 0 fully saturated rings. The molecule has 0 amide bonds. The van der Waals surface area contributed by atoms with Crippen molar-refractivity contribution in [1.29, 1.82) is 0 Å². The molecule has 1 rings (SSSR count). The number of hydrogen-bond donors (Lipinski definition) is 0. The summed E-state index contributed by atoms with van der Waals surface area (Å²) in [5.74, 6) is -2.66. The van der Waals surface area contributed by atoms with E-state index in [1.807, 2.05) is 0 Å². The highest BCUT2D eigenvalue weighted by molar-refractivity contribution is 5.30. The van der Waals surface area contributed by atoms with E-state index in [-0.39, 0.29) is 0 Å². The number of rotatable bonds is 2. The number of ether oxygens (including phenoxy) is 1. The fraction of sp³-hybridized carbons (Fsp3) is 0.375. The average molecular weight is 245 g/mol. The number of halogens is 6. The Kier molecular flexibility index (Phi) is 3.30. The van der Waals surface area contributed by atoms with Gasteiger partial charge < -0.3 is 4.74 Å². The monoisotopic (exact) mass is 245 g/mol. The summed E-state index contributed by atoms with van der Waals surface area (Å²) in [5.41, 5.74) is -1.39. The lowest BCUT2D eigenvalue weighted by Gasteiger charge is -2.11. The molecule has 8 heteroatoms. The van der Waals surface area contributed by atoms with Gasteiger partial charge in [-0.3, -0.25) is 0 Å². The van der Waals surface area contributed by atoms with Crippen LogP contribution < -0.4 is 4.74 Å². The van der Waals surface area contributed by atoms with Gasteiger partial charge in [-0.1, -0.05) is 0 Å². The van der Waals surface area contributed by atoms with Crippen LogP contribution in [0.15, 0.2) is 6.07 Å². The van der Waals surface area contributed by atoms with Gasteiger partial charge in [0, 0.05) is 17.2 Å². The van der Waals surface area contributed by atoms with Gasteiger partial charge in [-0.05, 0) is 6.92 Å². The highest BCUT2D eigenvalue weighted by atomic mass is 19.4. The smallest absolute Gasteiger partial charge is 0.388 e. The molecule has 0 atom stereocenters. The average Bonchev–Trinajstić information content (AvgIpc) is 2.07. The predicted octanol–water partition coefficient (Wildman–Crippen LogP) is 3.37. The van der Waals surface area contributed by atoms with Crippen LogP contribution in [-0.2, 0) is 0 Å². The van der Waals surface area contributed by atoms with Gasteiger partial charge in [-0.2, -0.15) is 9.37 Å². The van der Waals surface area contributed by atoms with Gasteiger partial charge in [-0.15, -0.1) is 13.2 Å². The molecule has 16 heavy (non-hydrogen) atoms. The zero-order valence-electron chi connectivity index (χ0n) is 7.78. The Morgan fingerprint density at radius 3 is 2.31 bits per heavy atom. The molecule has 0 spiro atoms. The van der Waals surface area contributed by atoms with Gasteiger partial charge in [-0.25, -0.2) is 8.78 Å². The lowest BCUT2D eigenvalue weighted by atomic mass is 10.1. The van der Waals surface area contributed by atoms with Crippen LogP contribution in [0.1, 0.15) is 17.6 Å². The molecule has 0 aliphatic rings. The van der Waals surface area contributed by atoms with Crippen molar-refractivity contribution in [2.75, 3.05) is 0 Å². The lowest BCUT2D eigenvalue weighted by Crippen LogP contribution is -2.18. The van der Waals surface area contributed by atoms with E-state index in [2.05, 4.69) is 9.72 Å². The summed E-state index contributed by atoms with van der Waals surface area (Å²) >= 11 is 0. The maximum atomic E-state index is 12.9. The second-order valence-electron chi connectivity index (χ2n) is 2.81. The second kappa shape index (κ2) is 4.18. The molecule has 0 aliphatic carbocycles. The largest absolute Gasteiger partial charge is 0.574 e. The molecular weight excluding hydrogens is 240 g/mol. The first kappa shape index (κ1) is 12.6. The number of pyridine rings is 1. The van der Waals surface area contributed by atoms with Gasteiger partial charge in [0.15, 0.2) is 0 Å². The summed E-state index contributed by atoms with van der Waals surface area (Å²) in [6.07, 6.45) is -8.21. The number of alkyl halides is 5. The minimum absolute atomic E-state index is 0.358. The minimum Gasteiger partial charge on any atom is -0.388 e. The minimum atomic E-state index is -5.10. The summed E-state index contributed by atoms with van der Waals surface area (Å²) in [5, 5.41) is 0. The van der Waals surface area contributed by atoms with Crippen molar-refractivity contribution in [2.24, 2.45) is 0 Å². The van der Waals surface area contributed by atoms with Gasteiger partial charge >= 0.3 is 6.36 Å². The van der Waals surface area contributed by atoms with Crippen molar-refractivity contribution in [3.63, 3.8) is 0 Å². The van der Waals surface area contributed by atoms with Gasteiger partial charge in [0.1, 0.15) is 0 Å². The van der Waals surface area contributed by atoms with Crippen LogP contribution in [-0.4, -0.2) is 11.3 Å². The standard InChI is InChI=1S/C8H5F6NO/c1-3-4(6(9)10)2-5(15-7(3)11)16-8(12,13)14/h2,6H,1H3. The SMILES string of the molecule is Cc1c(C(F)F)cc(OC(F)(F)F)nc1F. The van der Waals surface area contributed by atoms with Crippen molar-refractivity contribution in [2.45, 2.75) is 19.7 Å². The third-order valence-electron chi connectivity index (χ3n) is 1.69. The highest BCUT2D eigenvalue weighted by Crippen LogP contribution is 2.29. The predicted molar refractivity (Wildman–Crippen MR) is 40.6 cm³/mol. The molecule has 1 heterocycles. The van der Waals surface area contributed by atoms with E-state index in [1.54, 1.807) is 0 Å². The highest BCUT2D eigenvalue weighted by Gasteiger charge is 2.32. The third kappa shape index (κ3) is 3.01. The molecule has 2 nitrogen and oxygen atoms in total. The van der Waals surface area contributed by atoms with Crippen LogP contribution in [0.4, 0.5) is 26.3 Å². The zero-order valence-corrected chi connectivity index (χ0v) is 7.78. The Balaban J connectivity index is 3.14. The van der Waals surface area contributed by atoms with Crippen molar-refractivity contribution < 1.29 is 31.1 Å². The van der Waals surface area contributed by atoms with Crippen LogP contribution in [0, 0.1) is 12.9 Å². The first-order valence-corrected chi connectivity index (χ1v) is 3.91. The van der Waals surface area contributed by atoms with E-state index in [9.17, 15) is 26.3 Å². The van der Waals surface area contributed by atoms with Crippen molar-refractivity contribution in [3.8, 4) is 5.88 Å². The Hall–Kier alpha value is -1.47. The van der Waals surface area contributed by atoms with E-state index in [1.165, 1.54) is 0 Å². The summed E-state index contributed by atoms with van der Waals surface area (Å²) in [4.78, 5) is 2.76. The Bertz CT molecular complexity index is 389. The van der Waals surface area contributed by atoms with E-state index in [0.29, 0.717) is 6.07 Å². The van der Waals surface area contributed by atoms with Crippen molar-refractivity contribution in [1.82, 2.24) is 4.98 Å². The van der Waals surface area contributed by atoms with Crippen molar-refractivity contribution in [3.05, 3.63) is 23.1 Å². The molecule has 0 bridgehead atoms. The number of hydrogen-bond acceptors (Lipinski definition) is 2. The van der Waals surface area contributed by atoms with Crippen LogP contribution in [0.2, 0.25) is 0 Å². The van der Waals surface area contributed by atoms with Gasteiger partial charge in [0.05, 0.1) is 0 Å². The second-order valence-corrected chi connectivity index (χ2v) is 2.81. The quantitative estimate of drug-likeness (QED) is 0.588. The van der Waals surface area contributed by atoms with Crippen LogP contribution in [0.3, 0.4) is 0 Å². The Morgan fingerprint density at radius 2 is 1.88 bits per heavy atom. The third-order valence-corrected chi connectivity index (χ3v) is 1.69. The number of nitrogens with zero attached hydrogens (tertiary/aromatic N) is 1. The molecule has 0 saturated carbocycles. The fourth-order valence-corrected chi connectivity index (χ4v) is 0.971. The summed E-state index contributed by atoms with van der Waals surface area (Å²) in [6, 6.07) is 0.358. The molecule has 0 radical (unpaired) electrons. The summed E-state index contributed by atoms with van der Waals surface area (Å²) < 4.78 is 75.9. The Labute approximate surface area is 85.9 Å². The summed E-state index contributed by atoms with van der Waals surface area (Å²) in [7, 11) is 0. The molecular formula is C8H5F6NO. The van der Waals surface area contributed by atoms with Crippen molar-refractivity contribution >= 4 is 0 Å².